The van der Waals surface area contributed by atoms with Gasteiger partial charge in [-0.05, 0) is 44.1 Å². The van der Waals surface area contributed by atoms with Crippen molar-refractivity contribution in [2.45, 2.75) is 19.4 Å². The van der Waals surface area contributed by atoms with E-state index >= 15 is 0 Å². The Bertz CT molecular complexity index is 463. The van der Waals surface area contributed by atoms with E-state index in [2.05, 4.69) is 30.3 Å². The summed E-state index contributed by atoms with van der Waals surface area (Å²) in [7, 11) is 2.16. The lowest BCUT2D eigenvalue weighted by Gasteiger charge is -2.35. The Morgan fingerprint density at radius 3 is 2.89 bits per heavy atom. The summed E-state index contributed by atoms with van der Waals surface area (Å²) in [6, 6.07) is 8.12. The fraction of sp³-hybridized carbons (Fsp3) is 0.500. The molecule has 0 saturated carbocycles. The molecule has 1 aliphatic rings. The molecule has 2 rings (SSSR count). The summed E-state index contributed by atoms with van der Waals surface area (Å²) in [4.78, 5) is 2.36. The van der Waals surface area contributed by atoms with Crippen LogP contribution in [-0.4, -0.2) is 31.1 Å². The number of likely N-dealkylation sites (tertiary alicyclic amines) is 1. The molecule has 1 heterocycles. The van der Waals surface area contributed by atoms with Crippen LogP contribution in [0, 0.1) is 17.2 Å². The zero-order valence-electron chi connectivity index (χ0n) is 11.0. The summed E-state index contributed by atoms with van der Waals surface area (Å²) >= 11 is 0. The molecule has 1 aromatic carbocycles. The van der Waals surface area contributed by atoms with Crippen LogP contribution in [0.2, 0.25) is 0 Å². The van der Waals surface area contributed by atoms with Crippen molar-refractivity contribution in [1.29, 1.82) is 5.26 Å². The Morgan fingerprint density at radius 1 is 1.50 bits per heavy atom. The molecule has 1 fully saturated rings. The van der Waals surface area contributed by atoms with Gasteiger partial charge in [-0.2, -0.15) is 5.26 Å². The first-order chi connectivity index (χ1) is 8.60. The highest BCUT2D eigenvalue weighted by Crippen LogP contribution is 2.23. The van der Waals surface area contributed by atoms with Gasteiger partial charge in [0, 0.05) is 18.3 Å². The minimum Gasteiger partial charge on any atom is -0.398 e. The van der Waals surface area contributed by atoms with E-state index in [9.17, 15) is 0 Å². The van der Waals surface area contributed by atoms with Crippen LogP contribution in [0.5, 0.6) is 0 Å². The van der Waals surface area contributed by atoms with Crippen molar-refractivity contribution in [1.82, 2.24) is 4.90 Å². The highest BCUT2D eigenvalue weighted by atomic mass is 15.1. The number of anilines is 2. The average Bonchev–Trinajstić information content (AvgIpc) is 2.33. The van der Waals surface area contributed by atoms with Crippen LogP contribution < -0.4 is 11.1 Å². The topological polar surface area (TPSA) is 65.1 Å². The lowest BCUT2D eigenvalue weighted by Crippen LogP contribution is -2.43. The predicted molar refractivity (Wildman–Crippen MR) is 74.3 cm³/mol. The maximum absolute atomic E-state index is 8.85. The van der Waals surface area contributed by atoms with Crippen molar-refractivity contribution in [3.8, 4) is 6.07 Å². The van der Waals surface area contributed by atoms with Gasteiger partial charge in [-0.3, -0.25) is 0 Å². The number of nitrogens with two attached hydrogens (primary N) is 1. The van der Waals surface area contributed by atoms with E-state index < -0.39 is 0 Å². The molecule has 0 aliphatic carbocycles. The van der Waals surface area contributed by atoms with Gasteiger partial charge in [-0.25, -0.2) is 0 Å². The van der Waals surface area contributed by atoms with Gasteiger partial charge in [0.25, 0.3) is 0 Å². The van der Waals surface area contributed by atoms with Crippen molar-refractivity contribution in [3.05, 3.63) is 23.8 Å². The Morgan fingerprint density at radius 2 is 2.28 bits per heavy atom. The first kappa shape index (κ1) is 12.7. The summed E-state index contributed by atoms with van der Waals surface area (Å²) in [5, 5.41) is 12.4. The van der Waals surface area contributed by atoms with E-state index in [0.29, 0.717) is 23.2 Å². The van der Waals surface area contributed by atoms with Gasteiger partial charge < -0.3 is 16.0 Å². The molecule has 0 aromatic heterocycles. The number of piperidine rings is 1. The van der Waals surface area contributed by atoms with Crippen LogP contribution in [0.1, 0.15) is 18.9 Å². The maximum atomic E-state index is 8.85. The van der Waals surface area contributed by atoms with Crippen LogP contribution in [0.15, 0.2) is 18.2 Å². The number of hydrogen-bond acceptors (Lipinski definition) is 4. The number of nitrogens with zero attached hydrogens (tertiary/aromatic N) is 2. The smallest absolute Gasteiger partial charge is 0.101 e. The largest absolute Gasteiger partial charge is 0.398 e. The molecule has 1 aliphatic heterocycles. The first-order valence-electron chi connectivity index (χ1n) is 6.35. The monoisotopic (exact) mass is 244 g/mol. The average molecular weight is 244 g/mol. The molecule has 4 heteroatoms. The van der Waals surface area contributed by atoms with Crippen LogP contribution in [0.4, 0.5) is 11.4 Å². The Kier molecular flexibility index (Phi) is 3.73. The van der Waals surface area contributed by atoms with E-state index in [-0.39, 0.29) is 0 Å². The van der Waals surface area contributed by atoms with Crippen LogP contribution in [0.3, 0.4) is 0 Å². The maximum Gasteiger partial charge on any atom is 0.101 e. The molecule has 0 bridgehead atoms. The van der Waals surface area contributed by atoms with Gasteiger partial charge in [-0.1, -0.05) is 6.92 Å². The zero-order valence-corrected chi connectivity index (χ0v) is 11.0. The van der Waals surface area contributed by atoms with E-state index in [1.807, 2.05) is 12.1 Å². The Labute approximate surface area is 108 Å². The molecule has 0 radical (unpaired) electrons. The molecule has 18 heavy (non-hydrogen) atoms. The Hall–Kier alpha value is -1.73. The molecular formula is C14H20N4. The van der Waals surface area contributed by atoms with E-state index in [4.69, 9.17) is 11.0 Å². The summed E-state index contributed by atoms with van der Waals surface area (Å²) < 4.78 is 0. The van der Waals surface area contributed by atoms with E-state index in [1.165, 1.54) is 0 Å². The van der Waals surface area contributed by atoms with Gasteiger partial charge in [0.2, 0.25) is 0 Å². The number of nitrogens with one attached hydrogen (secondary N) is 1. The van der Waals surface area contributed by atoms with E-state index in [0.717, 1.165) is 25.2 Å². The highest BCUT2D eigenvalue weighted by molar-refractivity contribution is 5.62. The standard InChI is InChI=1S/C14H20N4/c1-10-9-18(2)6-5-14(10)17-12-4-3-11(8-15)13(16)7-12/h3-4,7,10,14,17H,5-6,9,16H2,1-2H3. The molecule has 96 valence electrons. The quantitative estimate of drug-likeness (QED) is 0.780. The van der Waals surface area contributed by atoms with Crippen LogP contribution in [0.25, 0.3) is 0 Å². The van der Waals surface area contributed by atoms with Crippen molar-refractivity contribution >= 4 is 11.4 Å². The molecule has 0 spiro atoms. The van der Waals surface area contributed by atoms with Crippen molar-refractivity contribution < 1.29 is 0 Å². The third-order valence-electron chi connectivity index (χ3n) is 3.63. The molecule has 1 saturated heterocycles. The van der Waals surface area contributed by atoms with Gasteiger partial charge >= 0.3 is 0 Å². The van der Waals surface area contributed by atoms with Crippen molar-refractivity contribution in [3.63, 3.8) is 0 Å². The first-order valence-corrected chi connectivity index (χ1v) is 6.35. The van der Waals surface area contributed by atoms with Crippen molar-refractivity contribution in [2.75, 3.05) is 31.2 Å². The Balaban J connectivity index is 2.06. The minimum absolute atomic E-state index is 0.480. The summed E-state index contributed by atoms with van der Waals surface area (Å²) in [5.41, 5.74) is 7.91. The summed E-state index contributed by atoms with van der Waals surface area (Å²) in [6.45, 7) is 4.50. The van der Waals surface area contributed by atoms with Gasteiger partial charge in [0.15, 0.2) is 0 Å². The summed E-state index contributed by atoms with van der Waals surface area (Å²) in [6.07, 6.45) is 1.14. The summed E-state index contributed by atoms with van der Waals surface area (Å²) in [5.74, 6) is 0.612. The second kappa shape index (κ2) is 5.28. The number of nitriles is 1. The third kappa shape index (κ3) is 2.74. The fourth-order valence-corrected chi connectivity index (χ4v) is 2.54. The highest BCUT2D eigenvalue weighted by Gasteiger charge is 2.23. The van der Waals surface area contributed by atoms with Crippen LogP contribution >= 0.6 is 0 Å². The lowest BCUT2D eigenvalue weighted by molar-refractivity contribution is 0.206. The predicted octanol–water partition coefficient (Wildman–Crippen LogP) is 1.89. The fourth-order valence-electron chi connectivity index (χ4n) is 2.54. The molecule has 0 amide bonds. The molecular weight excluding hydrogens is 224 g/mol. The third-order valence-corrected chi connectivity index (χ3v) is 3.63. The molecule has 2 atom stereocenters. The van der Waals surface area contributed by atoms with Gasteiger partial charge in [0.1, 0.15) is 6.07 Å². The molecule has 4 nitrogen and oxygen atoms in total. The SMILES string of the molecule is CC1CN(C)CCC1Nc1ccc(C#N)c(N)c1. The van der Waals surface area contributed by atoms with Gasteiger partial charge in [-0.15, -0.1) is 0 Å². The lowest BCUT2D eigenvalue weighted by atomic mass is 9.94. The normalized spacial score (nSPS) is 24.5. The minimum atomic E-state index is 0.480. The molecule has 2 unspecified atom stereocenters. The molecule has 3 N–H and O–H groups in total. The molecule has 1 aromatic rings. The van der Waals surface area contributed by atoms with Crippen LogP contribution in [-0.2, 0) is 0 Å². The number of nitrogen functional groups attached to an aromatic ring is 1. The number of hydrogen-bond donors (Lipinski definition) is 2. The van der Waals surface area contributed by atoms with E-state index in [1.54, 1.807) is 6.07 Å². The second-order valence-corrected chi connectivity index (χ2v) is 5.19. The van der Waals surface area contributed by atoms with Crippen molar-refractivity contribution in [2.24, 2.45) is 5.92 Å². The number of rotatable bonds is 2. The number of benzene rings is 1. The zero-order chi connectivity index (χ0) is 13.1. The second-order valence-electron chi connectivity index (χ2n) is 5.19. The van der Waals surface area contributed by atoms with Gasteiger partial charge in [0.05, 0.1) is 11.3 Å².